The van der Waals surface area contributed by atoms with Crippen molar-refractivity contribution in [3.63, 3.8) is 0 Å². The Morgan fingerprint density at radius 1 is 1.25 bits per heavy atom. The Balaban J connectivity index is 2.15. The van der Waals surface area contributed by atoms with Crippen LogP contribution in [0.5, 0.6) is 0 Å². The maximum atomic E-state index is 13.6. The highest BCUT2D eigenvalue weighted by atomic mass is 19.1. The summed E-state index contributed by atoms with van der Waals surface area (Å²) in [6, 6.07) is 11.1. The number of halogens is 1. The van der Waals surface area contributed by atoms with E-state index in [9.17, 15) is 9.18 Å². The molecule has 2 aromatic rings. The van der Waals surface area contributed by atoms with E-state index < -0.39 is 6.04 Å². The van der Waals surface area contributed by atoms with Crippen LogP contribution in [0, 0.1) is 12.7 Å². The van der Waals surface area contributed by atoms with E-state index in [4.69, 9.17) is 5.73 Å². The molecule has 0 unspecified atom stereocenters. The van der Waals surface area contributed by atoms with Crippen molar-refractivity contribution in [3.8, 4) is 0 Å². The topological polar surface area (TPSA) is 55.1 Å². The zero-order chi connectivity index (χ0) is 14.7. The van der Waals surface area contributed by atoms with E-state index in [1.54, 1.807) is 43.3 Å². The number of nitrogens with two attached hydrogens (primary N) is 1. The van der Waals surface area contributed by atoms with Crippen molar-refractivity contribution in [1.82, 2.24) is 5.32 Å². The average Bonchev–Trinajstić information content (AvgIpc) is 2.42. The first-order valence-electron chi connectivity index (χ1n) is 6.40. The van der Waals surface area contributed by atoms with Crippen molar-refractivity contribution in [2.75, 3.05) is 5.73 Å². The standard InChI is InChI=1S/C16H17FN2O/c1-10-7-8-12(9-15(10)18)16(20)19-11(2)13-5-3-4-6-14(13)17/h3-9,11H,18H2,1-2H3,(H,19,20)/t11-/m1/s1. The van der Waals surface area contributed by atoms with Gasteiger partial charge in [0.2, 0.25) is 0 Å². The molecule has 4 heteroatoms. The van der Waals surface area contributed by atoms with Crippen LogP contribution in [0.25, 0.3) is 0 Å². The number of amides is 1. The largest absolute Gasteiger partial charge is 0.398 e. The van der Waals surface area contributed by atoms with E-state index in [1.165, 1.54) is 6.07 Å². The lowest BCUT2D eigenvalue weighted by Crippen LogP contribution is -2.27. The fourth-order valence-electron chi connectivity index (χ4n) is 1.97. The predicted molar refractivity (Wildman–Crippen MR) is 77.9 cm³/mol. The van der Waals surface area contributed by atoms with Gasteiger partial charge in [0.25, 0.3) is 5.91 Å². The van der Waals surface area contributed by atoms with E-state index in [1.807, 2.05) is 6.92 Å². The molecule has 3 N–H and O–H groups in total. The minimum absolute atomic E-state index is 0.271. The first-order valence-corrected chi connectivity index (χ1v) is 6.40. The maximum Gasteiger partial charge on any atom is 0.251 e. The molecule has 0 radical (unpaired) electrons. The van der Waals surface area contributed by atoms with Gasteiger partial charge in [-0.3, -0.25) is 4.79 Å². The summed E-state index contributed by atoms with van der Waals surface area (Å²) in [5.41, 5.74) is 8.20. The highest BCUT2D eigenvalue weighted by Crippen LogP contribution is 2.18. The van der Waals surface area contributed by atoms with Crippen LogP contribution in [-0.4, -0.2) is 5.91 Å². The summed E-state index contributed by atoms with van der Waals surface area (Å²) in [6.07, 6.45) is 0. The van der Waals surface area contributed by atoms with Crippen LogP contribution in [0.2, 0.25) is 0 Å². The Hall–Kier alpha value is -2.36. The molecule has 1 amide bonds. The first kappa shape index (κ1) is 14.1. The molecule has 0 fully saturated rings. The minimum atomic E-state index is -0.411. The third-order valence-corrected chi connectivity index (χ3v) is 3.26. The first-order chi connectivity index (χ1) is 9.49. The third-order valence-electron chi connectivity index (χ3n) is 3.26. The number of carbonyl (C=O) groups excluding carboxylic acids is 1. The van der Waals surface area contributed by atoms with E-state index in [0.717, 1.165) is 5.56 Å². The minimum Gasteiger partial charge on any atom is -0.398 e. The van der Waals surface area contributed by atoms with Crippen LogP contribution >= 0.6 is 0 Å². The number of hydrogen-bond donors (Lipinski definition) is 2. The van der Waals surface area contributed by atoms with E-state index in [0.29, 0.717) is 16.8 Å². The fourth-order valence-corrected chi connectivity index (χ4v) is 1.97. The molecule has 0 aliphatic carbocycles. The molecule has 0 bridgehead atoms. The number of nitrogen functional groups attached to an aromatic ring is 1. The highest BCUT2D eigenvalue weighted by Gasteiger charge is 2.14. The highest BCUT2D eigenvalue weighted by molar-refractivity contribution is 5.95. The van der Waals surface area contributed by atoms with Gasteiger partial charge >= 0.3 is 0 Å². The van der Waals surface area contributed by atoms with Gasteiger partial charge in [-0.2, -0.15) is 0 Å². The molecule has 104 valence electrons. The molecular formula is C16H17FN2O. The van der Waals surface area contributed by atoms with Crippen LogP contribution in [0.15, 0.2) is 42.5 Å². The lowest BCUT2D eigenvalue weighted by molar-refractivity contribution is 0.0939. The molecular weight excluding hydrogens is 255 g/mol. The maximum absolute atomic E-state index is 13.6. The normalized spacial score (nSPS) is 11.9. The fraction of sp³-hybridized carbons (Fsp3) is 0.188. The number of aryl methyl sites for hydroxylation is 1. The Morgan fingerprint density at radius 2 is 1.95 bits per heavy atom. The third kappa shape index (κ3) is 2.96. The number of anilines is 1. The quantitative estimate of drug-likeness (QED) is 0.843. The molecule has 20 heavy (non-hydrogen) atoms. The average molecular weight is 272 g/mol. The molecule has 2 rings (SSSR count). The van der Waals surface area contributed by atoms with E-state index in [2.05, 4.69) is 5.32 Å². The van der Waals surface area contributed by atoms with Gasteiger partial charge in [0.15, 0.2) is 0 Å². The van der Waals surface area contributed by atoms with E-state index in [-0.39, 0.29) is 11.7 Å². The summed E-state index contributed by atoms with van der Waals surface area (Å²) < 4.78 is 13.6. The van der Waals surface area contributed by atoms with Gasteiger partial charge in [0.1, 0.15) is 5.82 Å². The van der Waals surface area contributed by atoms with Crippen LogP contribution in [0.4, 0.5) is 10.1 Å². The van der Waals surface area contributed by atoms with Crippen LogP contribution in [0.1, 0.15) is 34.5 Å². The van der Waals surface area contributed by atoms with Gasteiger partial charge in [-0.05, 0) is 37.6 Å². The number of rotatable bonds is 3. The molecule has 0 aliphatic rings. The zero-order valence-corrected chi connectivity index (χ0v) is 11.5. The lowest BCUT2D eigenvalue weighted by atomic mass is 10.1. The summed E-state index contributed by atoms with van der Waals surface area (Å²) >= 11 is 0. The smallest absolute Gasteiger partial charge is 0.251 e. The Kier molecular flexibility index (Phi) is 4.03. The molecule has 0 heterocycles. The second kappa shape index (κ2) is 5.74. The molecule has 0 aliphatic heterocycles. The zero-order valence-electron chi connectivity index (χ0n) is 11.5. The van der Waals surface area contributed by atoms with Gasteiger partial charge in [-0.1, -0.05) is 24.3 Å². The van der Waals surface area contributed by atoms with Crippen molar-refractivity contribution in [3.05, 3.63) is 65.0 Å². The summed E-state index contributed by atoms with van der Waals surface area (Å²) in [5, 5.41) is 2.77. The van der Waals surface area contributed by atoms with Gasteiger partial charge in [-0.25, -0.2) is 4.39 Å². The number of benzene rings is 2. The van der Waals surface area contributed by atoms with Crippen LogP contribution in [0.3, 0.4) is 0 Å². The van der Waals surface area contributed by atoms with Gasteiger partial charge < -0.3 is 11.1 Å². The van der Waals surface area contributed by atoms with Gasteiger partial charge in [0.05, 0.1) is 6.04 Å². The van der Waals surface area contributed by atoms with Gasteiger partial charge in [0, 0.05) is 16.8 Å². The summed E-state index contributed by atoms with van der Waals surface area (Å²) in [4.78, 5) is 12.1. The second-order valence-corrected chi connectivity index (χ2v) is 4.79. The molecule has 0 aromatic heterocycles. The SMILES string of the molecule is Cc1ccc(C(=O)N[C@H](C)c2ccccc2F)cc1N. The number of nitrogens with one attached hydrogen (secondary N) is 1. The summed E-state index contributed by atoms with van der Waals surface area (Å²) in [6.45, 7) is 3.62. The predicted octanol–water partition coefficient (Wildman–Crippen LogP) is 3.21. The molecule has 1 atom stereocenters. The Bertz CT molecular complexity index is 640. The van der Waals surface area contributed by atoms with Crippen LogP contribution in [-0.2, 0) is 0 Å². The lowest BCUT2D eigenvalue weighted by Gasteiger charge is -2.15. The second-order valence-electron chi connectivity index (χ2n) is 4.79. The molecule has 0 saturated carbocycles. The van der Waals surface area contributed by atoms with Crippen molar-refractivity contribution in [2.45, 2.75) is 19.9 Å². The molecule has 0 saturated heterocycles. The number of hydrogen-bond acceptors (Lipinski definition) is 2. The monoisotopic (exact) mass is 272 g/mol. The van der Waals surface area contributed by atoms with E-state index >= 15 is 0 Å². The number of carbonyl (C=O) groups is 1. The molecule has 3 nitrogen and oxygen atoms in total. The van der Waals surface area contributed by atoms with Crippen molar-refractivity contribution in [2.24, 2.45) is 0 Å². The van der Waals surface area contributed by atoms with Crippen LogP contribution < -0.4 is 11.1 Å². The van der Waals surface area contributed by atoms with Crippen molar-refractivity contribution < 1.29 is 9.18 Å². The van der Waals surface area contributed by atoms with Crippen molar-refractivity contribution in [1.29, 1.82) is 0 Å². The Morgan fingerprint density at radius 3 is 2.60 bits per heavy atom. The summed E-state index contributed by atoms with van der Waals surface area (Å²) in [5.74, 6) is -0.601. The molecule has 0 spiro atoms. The summed E-state index contributed by atoms with van der Waals surface area (Å²) in [7, 11) is 0. The van der Waals surface area contributed by atoms with Gasteiger partial charge in [-0.15, -0.1) is 0 Å². The Labute approximate surface area is 117 Å². The molecule has 2 aromatic carbocycles. The van der Waals surface area contributed by atoms with Crippen molar-refractivity contribution >= 4 is 11.6 Å².